The van der Waals surface area contributed by atoms with Gasteiger partial charge in [-0.1, -0.05) is 5.16 Å². The zero-order valence-corrected chi connectivity index (χ0v) is 8.68. The molecule has 0 spiro atoms. The molecule has 0 amide bonds. The molecule has 3 N–H and O–H groups in total. The number of hydrogen-bond donors (Lipinski definition) is 2. The van der Waals surface area contributed by atoms with Crippen LogP contribution in [-0.4, -0.2) is 10.3 Å². The van der Waals surface area contributed by atoms with Crippen LogP contribution in [-0.2, 0) is 6.42 Å². The molecule has 82 valence electrons. The lowest BCUT2D eigenvalue weighted by Gasteiger charge is -2.04. The summed E-state index contributed by atoms with van der Waals surface area (Å²) in [6.07, 6.45) is 1.78. The van der Waals surface area contributed by atoms with E-state index in [1.807, 2.05) is 12.1 Å². The maximum atomic E-state index is 9.23. The minimum atomic E-state index is 0.0186. The third-order valence-corrected chi connectivity index (χ3v) is 3.00. The lowest BCUT2D eigenvalue weighted by Crippen LogP contribution is -2.06. The van der Waals surface area contributed by atoms with Crippen molar-refractivity contribution in [3.63, 3.8) is 0 Å². The van der Waals surface area contributed by atoms with Crippen molar-refractivity contribution in [2.75, 3.05) is 0 Å². The number of nitrogens with zero attached hydrogens (tertiary/aromatic N) is 1. The number of fused-ring (bicyclic) bond motifs is 1. The molecule has 1 atom stereocenters. The molecule has 3 rings (SSSR count). The predicted octanol–water partition coefficient (Wildman–Crippen LogP) is 1.99. The highest BCUT2D eigenvalue weighted by Crippen LogP contribution is 2.37. The number of phenols is 1. The quantitative estimate of drug-likeness (QED) is 0.764. The highest BCUT2D eigenvalue weighted by molar-refractivity contribution is 5.65. The van der Waals surface area contributed by atoms with Crippen LogP contribution in [0.25, 0.3) is 11.3 Å². The second-order valence-electron chi connectivity index (χ2n) is 4.06. The first-order valence-corrected chi connectivity index (χ1v) is 5.29. The van der Waals surface area contributed by atoms with Crippen LogP contribution >= 0.6 is 0 Å². The molecular weight excluding hydrogens is 204 g/mol. The summed E-state index contributed by atoms with van der Waals surface area (Å²) in [4.78, 5) is 0. The minimum absolute atomic E-state index is 0.0186. The van der Waals surface area contributed by atoms with Gasteiger partial charge in [0.2, 0.25) is 0 Å². The van der Waals surface area contributed by atoms with Crippen LogP contribution in [0.4, 0.5) is 0 Å². The second kappa shape index (κ2) is 3.35. The fourth-order valence-electron chi connectivity index (χ4n) is 2.15. The van der Waals surface area contributed by atoms with Gasteiger partial charge < -0.3 is 15.4 Å². The summed E-state index contributed by atoms with van der Waals surface area (Å²) in [5.41, 5.74) is 8.76. The van der Waals surface area contributed by atoms with Gasteiger partial charge >= 0.3 is 0 Å². The van der Waals surface area contributed by atoms with E-state index < -0.39 is 0 Å². The summed E-state index contributed by atoms with van der Waals surface area (Å²) in [5.74, 6) is 1.14. The summed E-state index contributed by atoms with van der Waals surface area (Å²) in [6.45, 7) is 0. The van der Waals surface area contributed by atoms with Gasteiger partial charge in [0, 0.05) is 23.6 Å². The number of benzene rings is 1. The molecule has 0 aliphatic heterocycles. The number of aromatic hydroxyl groups is 1. The molecule has 1 heterocycles. The van der Waals surface area contributed by atoms with Gasteiger partial charge in [-0.05, 0) is 30.7 Å². The van der Waals surface area contributed by atoms with Crippen molar-refractivity contribution in [3.8, 4) is 17.0 Å². The Balaban J connectivity index is 2.11. The van der Waals surface area contributed by atoms with Gasteiger partial charge in [-0.2, -0.15) is 0 Å². The predicted molar refractivity (Wildman–Crippen MR) is 58.9 cm³/mol. The van der Waals surface area contributed by atoms with E-state index in [1.54, 1.807) is 12.1 Å². The average molecular weight is 216 g/mol. The van der Waals surface area contributed by atoms with Crippen LogP contribution in [0.15, 0.2) is 28.8 Å². The molecular formula is C12H12N2O2. The average Bonchev–Trinajstić information content (AvgIpc) is 2.84. The van der Waals surface area contributed by atoms with Crippen molar-refractivity contribution in [1.29, 1.82) is 0 Å². The Hall–Kier alpha value is -1.81. The van der Waals surface area contributed by atoms with Gasteiger partial charge in [-0.3, -0.25) is 0 Å². The minimum Gasteiger partial charge on any atom is -0.508 e. The van der Waals surface area contributed by atoms with Gasteiger partial charge in [0.1, 0.15) is 17.2 Å². The molecule has 0 bridgehead atoms. The number of rotatable bonds is 1. The van der Waals surface area contributed by atoms with Crippen molar-refractivity contribution in [2.45, 2.75) is 18.9 Å². The topological polar surface area (TPSA) is 72.3 Å². The summed E-state index contributed by atoms with van der Waals surface area (Å²) in [7, 11) is 0. The molecule has 4 nitrogen and oxygen atoms in total. The van der Waals surface area contributed by atoms with Crippen molar-refractivity contribution in [2.24, 2.45) is 5.73 Å². The van der Waals surface area contributed by atoms with Gasteiger partial charge in [-0.15, -0.1) is 0 Å². The largest absolute Gasteiger partial charge is 0.508 e. The molecule has 16 heavy (non-hydrogen) atoms. The van der Waals surface area contributed by atoms with E-state index in [4.69, 9.17) is 10.3 Å². The van der Waals surface area contributed by atoms with Crippen molar-refractivity contribution < 1.29 is 9.63 Å². The molecule has 1 aliphatic rings. The van der Waals surface area contributed by atoms with Gasteiger partial charge in [0.05, 0.1) is 0 Å². The Morgan fingerprint density at radius 2 is 2.06 bits per heavy atom. The van der Waals surface area contributed by atoms with E-state index >= 15 is 0 Å². The molecule has 0 saturated carbocycles. The first-order valence-electron chi connectivity index (χ1n) is 5.29. The molecule has 1 aromatic heterocycles. The van der Waals surface area contributed by atoms with Crippen molar-refractivity contribution in [1.82, 2.24) is 5.16 Å². The van der Waals surface area contributed by atoms with Crippen LogP contribution in [0, 0.1) is 0 Å². The van der Waals surface area contributed by atoms with Gasteiger partial charge in [0.25, 0.3) is 0 Å². The van der Waals surface area contributed by atoms with Crippen LogP contribution in [0.5, 0.6) is 5.75 Å². The monoisotopic (exact) mass is 216 g/mol. The fraction of sp³-hybridized carbons (Fsp3) is 0.250. The number of hydrogen-bond acceptors (Lipinski definition) is 4. The molecule has 1 aromatic carbocycles. The SMILES string of the molecule is NC1CCc2onc(-c3ccc(O)cc3)c21. The lowest BCUT2D eigenvalue weighted by atomic mass is 10.0. The summed E-state index contributed by atoms with van der Waals surface area (Å²) in [5, 5.41) is 13.3. The smallest absolute Gasteiger partial charge is 0.142 e. The van der Waals surface area contributed by atoms with Crippen LogP contribution in [0.1, 0.15) is 23.8 Å². The highest BCUT2D eigenvalue weighted by Gasteiger charge is 2.28. The Labute approximate surface area is 92.7 Å². The molecule has 1 aliphatic carbocycles. The van der Waals surface area contributed by atoms with Gasteiger partial charge in [0.15, 0.2) is 0 Å². The highest BCUT2D eigenvalue weighted by atomic mass is 16.5. The Kier molecular flexibility index (Phi) is 1.97. The Bertz CT molecular complexity index is 516. The van der Waals surface area contributed by atoms with Crippen LogP contribution in [0.3, 0.4) is 0 Å². The zero-order chi connectivity index (χ0) is 11.1. The Morgan fingerprint density at radius 3 is 2.81 bits per heavy atom. The van der Waals surface area contributed by atoms with E-state index in [0.29, 0.717) is 0 Å². The van der Waals surface area contributed by atoms with Crippen LogP contribution in [0.2, 0.25) is 0 Å². The second-order valence-corrected chi connectivity index (χ2v) is 4.06. The number of aryl methyl sites for hydroxylation is 1. The first kappa shape index (κ1) is 9.42. The summed E-state index contributed by atoms with van der Waals surface area (Å²) < 4.78 is 5.27. The van der Waals surface area contributed by atoms with E-state index in [9.17, 15) is 5.11 Å². The lowest BCUT2D eigenvalue weighted by molar-refractivity contribution is 0.388. The van der Waals surface area contributed by atoms with E-state index in [0.717, 1.165) is 35.4 Å². The number of nitrogens with two attached hydrogens (primary N) is 1. The van der Waals surface area contributed by atoms with E-state index in [-0.39, 0.29) is 11.8 Å². The molecule has 4 heteroatoms. The summed E-state index contributed by atoms with van der Waals surface area (Å²) in [6, 6.07) is 6.93. The third kappa shape index (κ3) is 1.31. The third-order valence-electron chi connectivity index (χ3n) is 3.00. The molecule has 0 saturated heterocycles. The normalized spacial score (nSPS) is 18.7. The molecule has 0 fully saturated rings. The van der Waals surface area contributed by atoms with E-state index in [2.05, 4.69) is 5.16 Å². The fourth-order valence-corrected chi connectivity index (χ4v) is 2.15. The maximum absolute atomic E-state index is 9.23. The maximum Gasteiger partial charge on any atom is 0.142 e. The van der Waals surface area contributed by atoms with Gasteiger partial charge in [-0.25, -0.2) is 0 Å². The van der Waals surface area contributed by atoms with Crippen molar-refractivity contribution in [3.05, 3.63) is 35.6 Å². The number of aromatic nitrogens is 1. The standard InChI is InChI=1S/C12H12N2O2/c13-9-5-6-10-11(9)12(14-16-10)7-1-3-8(15)4-2-7/h1-4,9,15H,5-6,13H2. The summed E-state index contributed by atoms with van der Waals surface area (Å²) >= 11 is 0. The Morgan fingerprint density at radius 1 is 1.31 bits per heavy atom. The van der Waals surface area contributed by atoms with Crippen LogP contribution < -0.4 is 5.73 Å². The molecule has 0 radical (unpaired) electrons. The van der Waals surface area contributed by atoms with E-state index in [1.165, 1.54) is 0 Å². The number of phenolic OH excluding ortho intramolecular Hbond substituents is 1. The first-order chi connectivity index (χ1) is 7.75. The van der Waals surface area contributed by atoms with Crippen molar-refractivity contribution >= 4 is 0 Å². The molecule has 2 aromatic rings. The zero-order valence-electron chi connectivity index (χ0n) is 8.68. The molecule has 1 unspecified atom stereocenters.